The number of H-pyrrole nitrogens is 1. The minimum atomic E-state index is -2.35. The lowest BCUT2D eigenvalue weighted by atomic mass is 9.80. The Morgan fingerprint density at radius 1 is 0.926 bits per heavy atom. The average Bonchev–Trinajstić information content (AvgIpc) is 3.76. The highest BCUT2D eigenvalue weighted by atomic mass is 28.4. The molecule has 0 spiro atoms. The summed E-state index contributed by atoms with van der Waals surface area (Å²) in [6.45, 7) is 14.6. The van der Waals surface area contributed by atoms with Crippen molar-refractivity contribution in [2.75, 3.05) is 26.1 Å². The third-order valence-electron chi connectivity index (χ3n) is 10.4. The van der Waals surface area contributed by atoms with Crippen LogP contribution in [0.5, 0.6) is 11.5 Å². The number of anilines is 1. The monoisotopic (exact) mass is 752 g/mol. The fourth-order valence-corrected chi connectivity index (χ4v) is 7.49. The highest BCUT2D eigenvalue weighted by Crippen LogP contribution is 2.45. The molecule has 1 aliphatic heterocycles. The second kappa shape index (κ2) is 15.5. The molecule has 0 bridgehead atoms. The van der Waals surface area contributed by atoms with Crippen LogP contribution in [0.15, 0.2) is 90.0 Å². The molecule has 3 aromatic carbocycles. The molecule has 0 saturated carbocycles. The molecule has 1 fully saturated rings. The third-order valence-corrected chi connectivity index (χ3v) is 14.9. The molecule has 6 rings (SSSR count). The van der Waals surface area contributed by atoms with E-state index in [1.165, 1.54) is 6.33 Å². The Bertz CT molecular complexity index is 2060. The van der Waals surface area contributed by atoms with E-state index in [9.17, 15) is 9.59 Å². The van der Waals surface area contributed by atoms with Gasteiger partial charge in [0.2, 0.25) is 11.9 Å². The Hall–Kier alpha value is -4.82. The van der Waals surface area contributed by atoms with Gasteiger partial charge in [0.15, 0.2) is 19.5 Å². The smallest absolute Gasteiger partial charge is 0.280 e. The van der Waals surface area contributed by atoms with Crippen molar-refractivity contribution in [3.63, 3.8) is 0 Å². The van der Waals surface area contributed by atoms with Crippen LogP contribution in [-0.2, 0) is 24.3 Å². The summed E-state index contributed by atoms with van der Waals surface area (Å²) in [4.78, 5) is 37.2. The van der Waals surface area contributed by atoms with Crippen LogP contribution in [0, 0.1) is 12.3 Å². The summed E-state index contributed by atoms with van der Waals surface area (Å²) < 4.78 is 33.9. The van der Waals surface area contributed by atoms with Crippen LogP contribution >= 0.6 is 0 Å². The Morgan fingerprint density at radius 3 is 2.04 bits per heavy atom. The fourth-order valence-electron chi connectivity index (χ4n) is 6.23. The van der Waals surface area contributed by atoms with E-state index in [1.807, 2.05) is 73.2 Å². The van der Waals surface area contributed by atoms with E-state index in [1.54, 1.807) is 32.6 Å². The minimum Gasteiger partial charge on any atom is -0.497 e. The van der Waals surface area contributed by atoms with Gasteiger partial charge in [0.1, 0.15) is 29.4 Å². The molecule has 1 saturated heterocycles. The molecule has 5 aromatic rings. The lowest BCUT2D eigenvalue weighted by molar-refractivity contribution is -0.118. The number of hydrogen-bond acceptors (Lipinski definition) is 9. The van der Waals surface area contributed by atoms with Crippen LogP contribution in [-0.4, -0.2) is 66.8 Å². The minimum absolute atomic E-state index is 0.0338. The predicted molar refractivity (Wildman–Crippen MR) is 210 cm³/mol. The lowest BCUT2D eigenvalue weighted by Gasteiger charge is -2.40. The lowest BCUT2D eigenvalue weighted by Crippen LogP contribution is -2.47. The highest BCUT2D eigenvalue weighted by Gasteiger charge is 2.47. The Morgan fingerprint density at radius 2 is 1.50 bits per heavy atom. The number of methoxy groups -OCH3 is 2. The van der Waals surface area contributed by atoms with E-state index in [-0.39, 0.29) is 40.6 Å². The van der Waals surface area contributed by atoms with Crippen molar-refractivity contribution >= 4 is 31.3 Å². The van der Waals surface area contributed by atoms with Gasteiger partial charge in [-0.1, -0.05) is 89.2 Å². The molecule has 0 unspecified atom stereocenters. The molecule has 13 heteroatoms. The van der Waals surface area contributed by atoms with Crippen LogP contribution < -0.4 is 20.3 Å². The van der Waals surface area contributed by atoms with Crippen molar-refractivity contribution in [3.05, 3.63) is 119 Å². The molecule has 285 valence electrons. The van der Waals surface area contributed by atoms with Gasteiger partial charge in [0.25, 0.3) is 5.56 Å². The molecule has 1 amide bonds. The SMILES string of the molecule is COc1ccc(C(OC[C@H]2O[C@@H](n3cnc4c(=O)[nH]c(NC(=O)C(C)C)nc43)[CH][C@H]2O[Si](C)(C)C(C)(C)C)(c2ccccc2)c2ccc(OC)cc2)cc1. The number of aromatic amines is 1. The number of ether oxygens (including phenoxy) is 4. The van der Waals surface area contributed by atoms with Gasteiger partial charge in [-0.15, -0.1) is 0 Å². The fraction of sp³-hybridized carbons (Fsp3) is 0.390. The summed E-state index contributed by atoms with van der Waals surface area (Å²) in [6, 6.07) is 25.8. The predicted octanol–water partition coefficient (Wildman–Crippen LogP) is 7.23. The molecule has 1 aliphatic rings. The molecular formula is C41H50N5O7Si. The van der Waals surface area contributed by atoms with E-state index < -0.39 is 37.9 Å². The number of carbonyl (C=O) groups excluding carboxylic acids is 1. The second-order valence-electron chi connectivity index (χ2n) is 15.3. The van der Waals surface area contributed by atoms with Crippen LogP contribution in [0.2, 0.25) is 18.1 Å². The highest BCUT2D eigenvalue weighted by molar-refractivity contribution is 6.74. The summed E-state index contributed by atoms with van der Waals surface area (Å²) in [5, 5.41) is 2.60. The number of nitrogens with one attached hydrogen (secondary N) is 2. The second-order valence-corrected chi connectivity index (χ2v) is 20.1. The maximum atomic E-state index is 13.1. The molecule has 1 radical (unpaired) electrons. The van der Waals surface area contributed by atoms with Gasteiger partial charge in [0.05, 0.1) is 33.3 Å². The molecule has 2 N–H and O–H groups in total. The molecule has 3 atom stereocenters. The van der Waals surface area contributed by atoms with Gasteiger partial charge in [-0.05, 0) is 59.1 Å². The number of imidazole rings is 1. The summed E-state index contributed by atoms with van der Waals surface area (Å²) in [5.74, 6) is 0.897. The number of nitrogens with zero attached hydrogens (tertiary/aromatic N) is 3. The van der Waals surface area contributed by atoms with Crippen molar-refractivity contribution in [1.29, 1.82) is 0 Å². The van der Waals surface area contributed by atoms with Crippen molar-refractivity contribution in [2.24, 2.45) is 5.92 Å². The van der Waals surface area contributed by atoms with E-state index in [2.05, 4.69) is 66.3 Å². The third kappa shape index (κ3) is 7.72. The normalized spacial score (nSPS) is 17.9. The zero-order valence-corrected chi connectivity index (χ0v) is 33.4. The van der Waals surface area contributed by atoms with Gasteiger partial charge in [-0.2, -0.15) is 4.98 Å². The van der Waals surface area contributed by atoms with Gasteiger partial charge in [-0.25, -0.2) is 4.98 Å². The summed E-state index contributed by atoms with van der Waals surface area (Å²) in [7, 11) is 0.933. The van der Waals surface area contributed by atoms with Crippen LogP contribution in [0.25, 0.3) is 11.2 Å². The quantitative estimate of drug-likeness (QED) is 0.0942. The van der Waals surface area contributed by atoms with Crippen LogP contribution in [0.4, 0.5) is 5.95 Å². The van der Waals surface area contributed by atoms with E-state index >= 15 is 0 Å². The Labute approximate surface area is 317 Å². The molecule has 2 aromatic heterocycles. The average molecular weight is 753 g/mol. The van der Waals surface area contributed by atoms with Crippen LogP contribution in [0.3, 0.4) is 0 Å². The van der Waals surface area contributed by atoms with Crippen LogP contribution in [0.1, 0.15) is 57.5 Å². The van der Waals surface area contributed by atoms with Gasteiger partial charge >= 0.3 is 0 Å². The number of aromatic nitrogens is 4. The topological polar surface area (TPSA) is 139 Å². The number of amides is 1. The number of rotatable bonds is 13. The zero-order valence-electron chi connectivity index (χ0n) is 32.4. The number of fused-ring (bicyclic) bond motifs is 1. The first kappa shape index (κ1) is 38.9. The van der Waals surface area contributed by atoms with E-state index in [0.717, 1.165) is 28.2 Å². The zero-order chi connectivity index (χ0) is 38.8. The molecule has 3 heterocycles. The first-order valence-corrected chi connectivity index (χ1v) is 21.0. The van der Waals surface area contributed by atoms with Gasteiger partial charge < -0.3 is 23.4 Å². The first-order chi connectivity index (χ1) is 25.7. The molecule has 12 nitrogen and oxygen atoms in total. The summed E-state index contributed by atoms with van der Waals surface area (Å²) >= 11 is 0. The van der Waals surface area contributed by atoms with Crippen molar-refractivity contribution in [2.45, 2.75) is 76.8 Å². The number of carbonyl (C=O) groups is 1. The largest absolute Gasteiger partial charge is 0.497 e. The number of hydrogen-bond donors (Lipinski definition) is 2. The van der Waals surface area contributed by atoms with Crippen molar-refractivity contribution in [3.8, 4) is 11.5 Å². The van der Waals surface area contributed by atoms with Crippen molar-refractivity contribution < 1.29 is 28.2 Å². The Balaban J connectivity index is 1.42. The van der Waals surface area contributed by atoms with Gasteiger partial charge in [0, 0.05) is 12.3 Å². The summed E-state index contributed by atoms with van der Waals surface area (Å²) in [5.41, 5.74) is 1.53. The summed E-state index contributed by atoms with van der Waals surface area (Å²) in [6.07, 6.45) is 1.72. The molecule has 0 aliphatic carbocycles. The standard InChI is InChI=1S/C41H50N5O7Si/c1-26(2)37(47)44-39-43-36-35(38(48)45-39)42-25-46(36)34-23-32(53-54(8,9)40(3,4)5)33(52-34)24-51-41(27-13-11-10-12-14-27,28-15-19-30(49-6)20-16-28)29-17-21-31(50-7)22-18-29/h10-23,25-26,32-34H,24H2,1-9H3,(H2,43,44,45,47,48)/t32-,33-,34-/m1/s1. The van der Waals surface area contributed by atoms with Gasteiger partial charge in [-0.3, -0.25) is 24.5 Å². The van der Waals surface area contributed by atoms with E-state index in [4.69, 9.17) is 23.4 Å². The molecule has 54 heavy (non-hydrogen) atoms. The first-order valence-electron chi connectivity index (χ1n) is 18.1. The Kier molecular flexibility index (Phi) is 11.2. The maximum Gasteiger partial charge on any atom is 0.280 e. The number of benzene rings is 3. The van der Waals surface area contributed by atoms with Crippen molar-refractivity contribution in [1.82, 2.24) is 19.5 Å². The molecular weight excluding hydrogens is 703 g/mol. The maximum absolute atomic E-state index is 13.1. The van der Waals surface area contributed by atoms with E-state index in [0.29, 0.717) is 0 Å².